The van der Waals surface area contributed by atoms with Gasteiger partial charge in [0.05, 0.1) is 0 Å². The smallest absolute Gasteiger partial charge is 0.407 e. The lowest BCUT2D eigenvalue weighted by Gasteiger charge is -2.15. The molecule has 0 radical (unpaired) electrons. The number of hydrogen-bond acceptors (Lipinski definition) is 3. The number of alkyl halides is 3. The highest BCUT2D eigenvalue weighted by atomic mass is 19.4. The van der Waals surface area contributed by atoms with Gasteiger partial charge < -0.3 is 10.8 Å². The van der Waals surface area contributed by atoms with E-state index >= 15 is 0 Å². The summed E-state index contributed by atoms with van der Waals surface area (Å²) in [6, 6.07) is -0.812. The topological polar surface area (TPSA) is 79.1 Å². The first kappa shape index (κ1) is 10.6. The van der Waals surface area contributed by atoms with Crippen LogP contribution in [-0.2, 0) is 0 Å². The Morgan fingerprint density at radius 2 is 2.00 bits per heavy atom. The van der Waals surface area contributed by atoms with E-state index in [0.717, 1.165) is 6.07 Å². The number of pyridine rings is 1. The minimum Gasteiger partial charge on any atom is -0.495 e. The van der Waals surface area contributed by atoms with Gasteiger partial charge in [-0.2, -0.15) is 13.2 Å². The van der Waals surface area contributed by atoms with Crippen LogP contribution in [0.4, 0.5) is 13.2 Å². The molecule has 0 unspecified atom stereocenters. The van der Waals surface area contributed by atoms with E-state index in [9.17, 15) is 18.0 Å². The summed E-state index contributed by atoms with van der Waals surface area (Å²) in [5, 5.41) is 8.83. The monoisotopic (exact) mass is 208 g/mol. The largest absolute Gasteiger partial charge is 0.495 e. The second-order valence-electron chi connectivity index (χ2n) is 2.68. The predicted octanol–water partition coefficient (Wildman–Crippen LogP) is 0.643. The van der Waals surface area contributed by atoms with Gasteiger partial charge in [-0.25, -0.2) is 0 Å². The fourth-order valence-electron chi connectivity index (χ4n) is 0.918. The summed E-state index contributed by atoms with van der Waals surface area (Å²) in [5.74, 6) is -0.646. The number of hydrogen-bond donors (Lipinski definition) is 3. The van der Waals surface area contributed by atoms with Crippen molar-refractivity contribution >= 4 is 0 Å². The lowest BCUT2D eigenvalue weighted by molar-refractivity contribution is -0.149. The average Bonchev–Trinajstić information content (AvgIpc) is 1.99. The van der Waals surface area contributed by atoms with Gasteiger partial charge in [0.1, 0.15) is 6.04 Å². The number of halogens is 3. The molecule has 78 valence electrons. The first-order valence-corrected chi connectivity index (χ1v) is 3.56. The van der Waals surface area contributed by atoms with E-state index in [4.69, 9.17) is 10.8 Å². The molecule has 0 aliphatic heterocycles. The molecule has 1 heterocycles. The van der Waals surface area contributed by atoms with Gasteiger partial charge in [-0.15, -0.1) is 0 Å². The van der Waals surface area contributed by atoms with Crippen LogP contribution >= 0.6 is 0 Å². The number of rotatable bonds is 1. The minimum absolute atomic E-state index is 0.473. The van der Waals surface area contributed by atoms with Crippen LogP contribution in [0.25, 0.3) is 0 Å². The van der Waals surface area contributed by atoms with Crippen molar-refractivity contribution in [3.8, 4) is 5.88 Å². The Morgan fingerprint density at radius 3 is 2.43 bits per heavy atom. The van der Waals surface area contributed by atoms with Crippen molar-refractivity contribution in [3.63, 3.8) is 0 Å². The molecule has 0 spiro atoms. The third kappa shape index (κ3) is 2.25. The fourth-order valence-corrected chi connectivity index (χ4v) is 0.918. The molecule has 0 aliphatic carbocycles. The van der Waals surface area contributed by atoms with Crippen LogP contribution < -0.4 is 11.3 Å². The van der Waals surface area contributed by atoms with Crippen LogP contribution in [0.2, 0.25) is 0 Å². The number of aromatic amines is 1. The number of nitrogens with one attached hydrogen (secondary N) is 1. The van der Waals surface area contributed by atoms with Crippen molar-refractivity contribution in [1.82, 2.24) is 4.98 Å². The molecule has 1 atom stereocenters. The molecule has 1 rings (SSSR count). The molecular formula is C7H7F3N2O2. The standard InChI is InChI=1S/C7H7F3N2O2/c8-7(9,10)6(11)3-1-4(13)12-5(14)2-3/h1-2,6H,11H2,(H2,12,13,14)/t6-/m1/s1. The molecule has 1 aromatic heterocycles. The number of aromatic hydroxyl groups is 1. The Labute approximate surface area is 76.2 Å². The zero-order valence-electron chi connectivity index (χ0n) is 6.80. The van der Waals surface area contributed by atoms with Crippen LogP contribution in [0.3, 0.4) is 0 Å². The van der Waals surface area contributed by atoms with Crippen molar-refractivity contribution in [1.29, 1.82) is 0 Å². The average molecular weight is 208 g/mol. The normalized spacial score (nSPS) is 14.0. The zero-order chi connectivity index (χ0) is 10.9. The Balaban J connectivity index is 3.14. The summed E-state index contributed by atoms with van der Waals surface area (Å²) in [5.41, 5.74) is 3.51. The van der Waals surface area contributed by atoms with Gasteiger partial charge in [-0.3, -0.25) is 9.78 Å². The molecule has 0 saturated heterocycles. The molecule has 0 aromatic carbocycles. The van der Waals surface area contributed by atoms with Crippen molar-refractivity contribution in [2.24, 2.45) is 5.73 Å². The predicted molar refractivity (Wildman–Crippen MR) is 41.7 cm³/mol. The quantitative estimate of drug-likeness (QED) is 0.633. The van der Waals surface area contributed by atoms with Crippen LogP contribution in [0.5, 0.6) is 5.88 Å². The number of H-pyrrole nitrogens is 1. The zero-order valence-corrected chi connectivity index (χ0v) is 6.80. The van der Waals surface area contributed by atoms with Gasteiger partial charge in [-0.1, -0.05) is 0 Å². The van der Waals surface area contributed by atoms with Crippen molar-refractivity contribution in [3.05, 3.63) is 28.0 Å². The highest BCUT2D eigenvalue weighted by molar-refractivity contribution is 5.23. The maximum atomic E-state index is 12.1. The summed E-state index contributed by atoms with van der Waals surface area (Å²) in [4.78, 5) is 12.6. The fraction of sp³-hybridized carbons (Fsp3) is 0.286. The molecule has 0 aliphatic rings. The molecule has 0 saturated carbocycles. The van der Waals surface area contributed by atoms with E-state index in [1.807, 2.05) is 4.98 Å². The third-order valence-corrected chi connectivity index (χ3v) is 1.56. The summed E-state index contributed by atoms with van der Waals surface area (Å²) in [6.07, 6.45) is -4.64. The Bertz CT molecular complexity index is 385. The van der Waals surface area contributed by atoms with E-state index in [1.165, 1.54) is 0 Å². The number of aromatic nitrogens is 1. The maximum absolute atomic E-state index is 12.1. The molecular weight excluding hydrogens is 201 g/mol. The van der Waals surface area contributed by atoms with Crippen LogP contribution in [-0.4, -0.2) is 16.3 Å². The SMILES string of the molecule is N[C@H](c1cc(O)[nH]c(=O)c1)C(F)(F)F. The first-order chi connectivity index (χ1) is 6.30. The molecule has 0 amide bonds. The van der Waals surface area contributed by atoms with E-state index < -0.39 is 29.2 Å². The van der Waals surface area contributed by atoms with Crippen molar-refractivity contribution < 1.29 is 18.3 Å². The van der Waals surface area contributed by atoms with Gasteiger partial charge in [0.15, 0.2) is 5.88 Å². The van der Waals surface area contributed by atoms with Gasteiger partial charge in [-0.05, 0) is 5.56 Å². The Kier molecular flexibility index (Phi) is 2.52. The lowest BCUT2D eigenvalue weighted by atomic mass is 10.1. The lowest BCUT2D eigenvalue weighted by Crippen LogP contribution is -2.29. The molecule has 7 heteroatoms. The molecule has 14 heavy (non-hydrogen) atoms. The van der Waals surface area contributed by atoms with Crippen LogP contribution in [0, 0.1) is 0 Å². The van der Waals surface area contributed by atoms with E-state index in [1.54, 1.807) is 0 Å². The first-order valence-electron chi connectivity index (χ1n) is 3.56. The van der Waals surface area contributed by atoms with Gasteiger partial charge >= 0.3 is 6.18 Å². The summed E-state index contributed by atoms with van der Waals surface area (Å²) in [6.45, 7) is 0. The Hall–Kier alpha value is -1.50. The molecule has 0 fully saturated rings. The maximum Gasteiger partial charge on any atom is 0.407 e. The van der Waals surface area contributed by atoms with Crippen molar-refractivity contribution in [2.45, 2.75) is 12.2 Å². The molecule has 0 bridgehead atoms. The highest BCUT2D eigenvalue weighted by Crippen LogP contribution is 2.30. The second kappa shape index (κ2) is 3.33. The summed E-state index contributed by atoms with van der Waals surface area (Å²) < 4.78 is 36.2. The van der Waals surface area contributed by atoms with E-state index in [-0.39, 0.29) is 0 Å². The highest BCUT2D eigenvalue weighted by Gasteiger charge is 2.38. The summed E-state index contributed by atoms with van der Waals surface area (Å²) in [7, 11) is 0. The van der Waals surface area contributed by atoms with Gasteiger partial charge in [0.2, 0.25) is 0 Å². The Morgan fingerprint density at radius 1 is 1.43 bits per heavy atom. The van der Waals surface area contributed by atoms with E-state index in [0.29, 0.717) is 6.07 Å². The second-order valence-corrected chi connectivity index (χ2v) is 2.68. The minimum atomic E-state index is -4.64. The van der Waals surface area contributed by atoms with Crippen LogP contribution in [0.1, 0.15) is 11.6 Å². The number of nitrogens with two attached hydrogens (primary N) is 1. The molecule has 4 N–H and O–H groups in total. The van der Waals surface area contributed by atoms with Gasteiger partial charge in [0.25, 0.3) is 5.56 Å². The van der Waals surface area contributed by atoms with Crippen molar-refractivity contribution in [2.75, 3.05) is 0 Å². The summed E-state index contributed by atoms with van der Waals surface area (Å²) >= 11 is 0. The van der Waals surface area contributed by atoms with Crippen LogP contribution in [0.15, 0.2) is 16.9 Å². The molecule has 1 aromatic rings. The molecule has 4 nitrogen and oxygen atoms in total. The van der Waals surface area contributed by atoms with E-state index in [2.05, 4.69) is 0 Å². The van der Waals surface area contributed by atoms with Gasteiger partial charge in [0, 0.05) is 12.1 Å². The third-order valence-electron chi connectivity index (χ3n) is 1.56.